The second-order valence-corrected chi connectivity index (χ2v) is 11.2. The van der Waals surface area contributed by atoms with Crippen LogP contribution < -0.4 is 5.32 Å². The average molecular weight is 499 g/mol. The first-order chi connectivity index (χ1) is 17.0. The maximum Gasteiger partial charge on any atom is 0.223 e. The molecule has 0 bridgehead atoms. The Kier molecular flexibility index (Phi) is 9.25. The van der Waals surface area contributed by atoms with Crippen LogP contribution in [0.4, 0.5) is 0 Å². The monoisotopic (exact) mass is 498 g/mol. The number of aliphatic hydroxyl groups is 2. The average Bonchev–Trinajstić information content (AvgIpc) is 3.48. The highest BCUT2D eigenvalue weighted by Gasteiger charge is 2.52. The molecule has 0 aliphatic carbocycles. The predicted molar refractivity (Wildman–Crippen MR) is 140 cm³/mol. The number of rotatable bonds is 4. The molecule has 3 rings (SSSR count). The van der Waals surface area contributed by atoms with Crippen molar-refractivity contribution in [2.45, 2.75) is 96.2 Å². The smallest absolute Gasteiger partial charge is 0.223 e. The van der Waals surface area contributed by atoms with Gasteiger partial charge in [-0.05, 0) is 50.3 Å². The Balaban J connectivity index is 1.84. The summed E-state index contributed by atoms with van der Waals surface area (Å²) in [5.74, 6) is -1.38. The molecule has 0 spiro atoms. The minimum atomic E-state index is -1.21. The zero-order chi connectivity index (χ0) is 26.5. The summed E-state index contributed by atoms with van der Waals surface area (Å²) in [5.41, 5.74) is -0.701. The van der Waals surface area contributed by atoms with Crippen LogP contribution in [0.25, 0.3) is 6.08 Å². The van der Waals surface area contributed by atoms with Crippen molar-refractivity contribution in [2.75, 3.05) is 0 Å². The summed E-state index contributed by atoms with van der Waals surface area (Å²) >= 11 is 0. The second kappa shape index (κ2) is 11.8. The zero-order valence-corrected chi connectivity index (χ0v) is 22.0. The highest BCUT2D eigenvalue weighted by Crippen LogP contribution is 2.44. The molecule has 7 heteroatoms. The van der Waals surface area contributed by atoms with Gasteiger partial charge in [0.2, 0.25) is 5.91 Å². The first-order valence-electron chi connectivity index (χ1n) is 13.1. The van der Waals surface area contributed by atoms with Crippen LogP contribution in [-0.2, 0) is 14.3 Å². The van der Waals surface area contributed by atoms with Crippen LogP contribution in [0.2, 0.25) is 0 Å². The number of amides is 1. The van der Waals surface area contributed by atoms with Crippen molar-refractivity contribution in [3.05, 3.63) is 48.8 Å². The summed E-state index contributed by atoms with van der Waals surface area (Å²) in [4.78, 5) is 30.8. The number of allylic oxidation sites excluding steroid dienone is 1. The van der Waals surface area contributed by atoms with E-state index in [0.717, 1.165) is 25.0 Å². The van der Waals surface area contributed by atoms with Crippen LogP contribution in [0.15, 0.2) is 43.1 Å². The number of hydrogen-bond donors (Lipinski definition) is 3. The van der Waals surface area contributed by atoms with Gasteiger partial charge in [-0.15, -0.1) is 6.58 Å². The van der Waals surface area contributed by atoms with Gasteiger partial charge in [0, 0.05) is 18.5 Å². The maximum absolute atomic E-state index is 13.5. The molecule has 2 aliphatic rings. The van der Waals surface area contributed by atoms with Crippen molar-refractivity contribution >= 4 is 17.8 Å². The third-order valence-corrected chi connectivity index (χ3v) is 7.97. The van der Waals surface area contributed by atoms with Gasteiger partial charge < -0.3 is 20.3 Å². The number of fused-ring (bicyclic) bond motifs is 1. The lowest BCUT2D eigenvalue weighted by atomic mass is 9.71. The lowest BCUT2D eigenvalue weighted by molar-refractivity contribution is -0.143. The van der Waals surface area contributed by atoms with Gasteiger partial charge in [0.15, 0.2) is 0 Å². The van der Waals surface area contributed by atoms with Gasteiger partial charge in [-0.25, -0.2) is 0 Å². The minimum Gasteiger partial charge on any atom is -0.392 e. The largest absolute Gasteiger partial charge is 0.392 e. The Bertz CT molecular complexity index is 946. The number of hydrogen-bond acceptors (Lipinski definition) is 6. The molecule has 36 heavy (non-hydrogen) atoms. The van der Waals surface area contributed by atoms with E-state index in [1.165, 1.54) is 0 Å². The quantitative estimate of drug-likeness (QED) is 0.429. The molecular weight excluding hydrogens is 456 g/mol. The van der Waals surface area contributed by atoms with Crippen molar-refractivity contribution in [3.63, 3.8) is 0 Å². The topological polar surface area (TPSA) is 112 Å². The van der Waals surface area contributed by atoms with E-state index < -0.39 is 23.5 Å². The van der Waals surface area contributed by atoms with E-state index in [-0.39, 0.29) is 41.8 Å². The fraction of sp³-hybridized carbons (Fsp3) is 0.621. The van der Waals surface area contributed by atoms with Gasteiger partial charge in [-0.1, -0.05) is 45.4 Å². The van der Waals surface area contributed by atoms with Crippen LogP contribution in [-0.4, -0.2) is 56.8 Å². The molecule has 7 unspecified atom stereocenters. The number of carbonyl (C=O) groups is 2. The minimum absolute atomic E-state index is 0.000717. The van der Waals surface area contributed by atoms with Gasteiger partial charge in [0.25, 0.3) is 0 Å². The number of ketones is 1. The molecule has 2 aliphatic heterocycles. The fourth-order valence-electron chi connectivity index (χ4n) is 5.18. The molecule has 0 saturated carbocycles. The number of aliphatic hydroxyl groups excluding tert-OH is 2. The third-order valence-electron chi connectivity index (χ3n) is 7.97. The Morgan fingerprint density at radius 3 is 2.67 bits per heavy atom. The standard InChI is InChI=1S/C29H42N2O5/c1-6-10-22-26(34)19(2)11-9-15-29(5)24(36-29)17-21(14-13-20-12-7-8-16-30-20)31-25(33)18-23(32)28(3,4)27(22)35/h6-8,12-14,16,19,21-24,26,32,34H,1,9-11,15,17-18H2,2-5H3,(H,31,33). The molecular formula is C29H42N2O5. The van der Waals surface area contributed by atoms with E-state index in [0.29, 0.717) is 12.8 Å². The Hall–Kier alpha value is -2.35. The van der Waals surface area contributed by atoms with E-state index >= 15 is 0 Å². The Morgan fingerprint density at radius 1 is 1.25 bits per heavy atom. The van der Waals surface area contributed by atoms with E-state index in [2.05, 4.69) is 23.8 Å². The third kappa shape index (κ3) is 6.90. The summed E-state index contributed by atoms with van der Waals surface area (Å²) in [6.07, 6.45) is 8.22. The van der Waals surface area contributed by atoms with Gasteiger partial charge in [0.05, 0.1) is 47.5 Å². The number of epoxide rings is 1. The highest BCUT2D eigenvalue weighted by molar-refractivity contribution is 5.88. The molecule has 7 atom stereocenters. The van der Waals surface area contributed by atoms with Crippen LogP contribution in [0.3, 0.4) is 0 Å². The SMILES string of the molecule is C=CCC1C(=O)C(C)(C)C(O)CC(=O)NC(C=Cc2ccccn2)CC2OC2(C)CCCC(C)C1O. The number of pyridine rings is 1. The van der Waals surface area contributed by atoms with Crippen molar-refractivity contribution < 1.29 is 24.5 Å². The normalized spacial score (nSPS) is 36.2. The number of aromatic nitrogens is 1. The molecule has 0 aromatic carbocycles. The molecule has 3 N–H and O–H groups in total. The van der Waals surface area contributed by atoms with Gasteiger partial charge >= 0.3 is 0 Å². The molecule has 3 heterocycles. The highest BCUT2D eigenvalue weighted by atomic mass is 16.6. The van der Waals surface area contributed by atoms with Gasteiger partial charge in [-0.2, -0.15) is 0 Å². The van der Waals surface area contributed by atoms with E-state index in [1.807, 2.05) is 37.3 Å². The van der Waals surface area contributed by atoms with Crippen LogP contribution in [0.1, 0.15) is 71.9 Å². The van der Waals surface area contributed by atoms with Crippen molar-refractivity contribution in [1.82, 2.24) is 10.3 Å². The number of carbonyl (C=O) groups excluding carboxylic acids is 2. The van der Waals surface area contributed by atoms with Crippen molar-refractivity contribution in [2.24, 2.45) is 17.3 Å². The predicted octanol–water partition coefficient (Wildman–Crippen LogP) is 3.85. The first kappa shape index (κ1) is 28.2. The Morgan fingerprint density at radius 2 is 2.00 bits per heavy atom. The molecule has 2 fully saturated rings. The number of ether oxygens (including phenoxy) is 1. The molecule has 1 amide bonds. The molecule has 7 nitrogen and oxygen atoms in total. The lowest BCUT2D eigenvalue weighted by Crippen LogP contribution is -2.47. The van der Waals surface area contributed by atoms with Gasteiger partial charge in [-0.3, -0.25) is 14.6 Å². The number of nitrogens with zero attached hydrogens (tertiary/aromatic N) is 1. The lowest BCUT2D eigenvalue weighted by Gasteiger charge is -2.35. The summed E-state index contributed by atoms with van der Waals surface area (Å²) in [6, 6.07) is 5.33. The van der Waals surface area contributed by atoms with Crippen molar-refractivity contribution in [1.29, 1.82) is 0 Å². The van der Waals surface area contributed by atoms with E-state index in [1.54, 1.807) is 26.1 Å². The zero-order valence-electron chi connectivity index (χ0n) is 22.0. The summed E-state index contributed by atoms with van der Waals surface area (Å²) < 4.78 is 6.06. The maximum atomic E-state index is 13.5. The fourth-order valence-corrected chi connectivity index (χ4v) is 5.18. The molecule has 1 aromatic heterocycles. The molecule has 1 aromatic rings. The van der Waals surface area contributed by atoms with E-state index in [9.17, 15) is 19.8 Å². The summed E-state index contributed by atoms with van der Waals surface area (Å²) in [5, 5.41) is 25.1. The van der Waals surface area contributed by atoms with Crippen LogP contribution in [0.5, 0.6) is 0 Å². The van der Waals surface area contributed by atoms with Crippen molar-refractivity contribution in [3.8, 4) is 0 Å². The number of Topliss-reactive ketones (excluding diaryl/α,β-unsaturated/α-hetero) is 1. The van der Waals surface area contributed by atoms with E-state index in [4.69, 9.17) is 4.74 Å². The second-order valence-electron chi connectivity index (χ2n) is 11.2. The molecule has 198 valence electrons. The number of nitrogens with one attached hydrogen (secondary N) is 1. The molecule has 2 saturated heterocycles. The van der Waals surface area contributed by atoms with Crippen LogP contribution in [0, 0.1) is 17.3 Å². The summed E-state index contributed by atoms with van der Waals surface area (Å²) in [6.45, 7) is 11.1. The molecule has 0 radical (unpaired) electrons. The summed E-state index contributed by atoms with van der Waals surface area (Å²) in [7, 11) is 0. The van der Waals surface area contributed by atoms with Crippen LogP contribution >= 0.6 is 0 Å². The van der Waals surface area contributed by atoms with Gasteiger partial charge in [0.1, 0.15) is 5.78 Å². The first-order valence-corrected chi connectivity index (χ1v) is 13.1. The Labute approximate surface area is 215 Å².